The molecule has 1 heterocycles. The summed E-state index contributed by atoms with van der Waals surface area (Å²) in [6.07, 6.45) is 0. The molecule has 2 N–H and O–H groups in total. The molecule has 8 nitrogen and oxygen atoms in total. The third kappa shape index (κ3) is 3.47. The van der Waals surface area contributed by atoms with E-state index in [1.165, 1.54) is 48.5 Å². The summed E-state index contributed by atoms with van der Waals surface area (Å²) in [5.74, 6) is -2.26. The van der Waals surface area contributed by atoms with Crippen LogP contribution in [0.15, 0.2) is 54.1 Å². The van der Waals surface area contributed by atoms with E-state index < -0.39 is 35.0 Å². The van der Waals surface area contributed by atoms with E-state index in [-0.39, 0.29) is 28.9 Å². The van der Waals surface area contributed by atoms with Crippen LogP contribution in [0.4, 0.5) is 5.69 Å². The molecule has 2 aromatic rings. The molecule has 1 aliphatic heterocycles. The standard InChI is InChI=1S/C19H15ClN2O6/c20-13-6-4-11(5-7-13)17(24)15-16(21(8-9-23)19(26)18(15)25)12-2-1-3-14(10-12)22(27)28/h1-7,10,16,23-24H,8-9H2/b17-15+/t16-/m1/s1. The summed E-state index contributed by atoms with van der Waals surface area (Å²) < 4.78 is 0. The van der Waals surface area contributed by atoms with Crippen LogP contribution in [0.1, 0.15) is 17.2 Å². The van der Waals surface area contributed by atoms with Gasteiger partial charge in [0.2, 0.25) is 0 Å². The Hall–Kier alpha value is -3.23. The minimum atomic E-state index is -1.07. The largest absolute Gasteiger partial charge is 0.507 e. The lowest BCUT2D eigenvalue weighted by molar-refractivity contribution is -0.384. The topological polar surface area (TPSA) is 121 Å². The lowest BCUT2D eigenvalue weighted by Crippen LogP contribution is -2.32. The predicted molar refractivity (Wildman–Crippen MR) is 101 cm³/mol. The van der Waals surface area contributed by atoms with E-state index in [4.69, 9.17) is 11.6 Å². The number of carbonyl (C=O) groups is 2. The normalized spacial score (nSPS) is 18.5. The average molecular weight is 403 g/mol. The predicted octanol–water partition coefficient (Wildman–Crippen LogP) is 2.66. The van der Waals surface area contributed by atoms with Gasteiger partial charge in [0.15, 0.2) is 0 Å². The number of Topliss-reactive ketones (excluding diaryl/α,β-unsaturated/α-hetero) is 1. The molecule has 0 radical (unpaired) electrons. The molecule has 2 aromatic carbocycles. The Morgan fingerprint density at radius 1 is 1.18 bits per heavy atom. The highest BCUT2D eigenvalue weighted by atomic mass is 35.5. The van der Waals surface area contributed by atoms with Crippen molar-refractivity contribution in [2.24, 2.45) is 0 Å². The Bertz CT molecular complexity index is 986. The third-order valence-electron chi connectivity index (χ3n) is 4.40. The molecule has 0 spiro atoms. The number of hydrogen-bond donors (Lipinski definition) is 2. The molecule has 0 saturated carbocycles. The SMILES string of the molecule is O=C1C(=O)N(CCO)[C@H](c2cccc([N+](=O)[O-])c2)/C1=C(\O)c1ccc(Cl)cc1. The van der Waals surface area contributed by atoms with E-state index in [0.717, 1.165) is 4.90 Å². The smallest absolute Gasteiger partial charge is 0.295 e. The summed E-state index contributed by atoms with van der Waals surface area (Å²) >= 11 is 5.85. The number of halogens is 1. The van der Waals surface area contributed by atoms with Gasteiger partial charge in [0.25, 0.3) is 17.4 Å². The van der Waals surface area contributed by atoms with Gasteiger partial charge in [-0.3, -0.25) is 19.7 Å². The highest BCUT2D eigenvalue weighted by Gasteiger charge is 2.46. The summed E-state index contributed by atoms with van der Waals surface area (Å²) in [7, 11) is 0. The fraction of sp³-hybridized carbons (Fsp3) is 0.158. The summed E-state index contributed by atoms with van der Waals surface area (Å²) in [4.78, 5) is 36.7. The molecule has 1 aliphatic rings. The number of non-ortho nitro benzene ring substituents is 1. The van der Waals surface area contributed by atoms with Crippen molar-refractivity contribution in [3.63, 3.8) is 0 Å². The van der Waals surface area contributed by atoms with Crippen molar-refractivity contribution in [3.05, 3.63) is 80.4 Å². The molecular formula is C19H15ClN2O6. The van der Waals surface area contributed by atoms with Crippen molar-refractivity contribution < 1.29 is 24.7 Å². The molecule has 1 fully saturated rings. The van der Waals surface area contributed by atoms with Crippen molar-refractivity contribution in [1.29, 1.82) is 0 Å². The number of hydrogen-bond acceptors (Lipinski definition) is 6. The Balaban J connectivity index is 2.20. The van der Waals surface area contributed by atoms with Gasteiger partial charge in [-0.2, -0.15) is 0 Å². The van der Waals surface area contributed by atoms with E-state index in [1.807, 2.05) is 0 Å². The first-order chi connectivity index (χ1) is 13.3. The van der Waals surface area contributed by atoms with Gasteiger partial charge in [-0.25, -0.2) is 0 Å². The number of aliphatic hydroxyl groups excluding tert-OH is 2. The molecule has 1 atom stereocenters. The zero-order chi connectivity index (χ0) is 20.4. The maximum atomic E-state index is 12.6. The van der Waals surface area contributed by atoms with E-state index in [1.54, 1.807) is 0 Å². The number of nitrogens with zero attached hydrogens (tertiary/aromatic N) is 2. The molecule has 0 aliphatic carbocycles. The van der Waals surface area contributed by atoms with Crippen LogP contribution >= 0.6 is 11.6 Å². The molecular weight excluding hydrogens is 388 g/mol. The Kier molecular flexibility index (Phi) is 5.43. The second-order valence-electron chi connectivity index (χ2n) is 6.08. The fourth-order valence-corrected chi connectivity index (χ4v) is 3.26. The highest BCUT2D eigenvalue weighted by Crippen LogP contribution is 2.40. The van der Waals surface area contributed by atoms with Gasteiger partial charge >= 0.3 is 0 Å². The number of carbonyl (C=O) groups excluding carboxylic acids is 2. The van der Waals surface area contributed by atoms with E-state index in [9.17, 15) is 29.9 Å². The molecule has 3 rings (SSSR count). The number of β-amino-alcohol motifs (C(OH)–C–C–N with tert-alkyl or cyclic N) is 1. The summed E-state index contributed by atoms with van der Waals surface area (Å²) in [6.45, 7) is -0.589. The van der Waals surface area contributed by atoms with Crippen molar-refractivity contribution in [3.8, 4) is 0 Å². The first kappa shape index (κ1) is 19.5. The molecule has 28 heavy (non-hydrogen) atoms. The first-order valence-corrected chi connectivity index (χ1v) is 8.62. The summed E-state index contributed by atoms with van der Waals surface area (Å²) in [5, 5.41) is 31.6. The molecule has 0 aromatic heterocycles. The zero-order valence-electron chi connectivity index (χ0n) is 14.4. The van der Waals surface area contributed by atoms with Gasteiger partial charge in [-0.15, -0.1) is 0 Å². The van der Waals surface area contributed by atoms with E-state index >= 15 is 0 Å². The Morgan fingerprint density at radius 3 is 2.46 bits per heavy atom. The molecule has 1 amide bonds. The van der Waals surface area contributed by atoms with E-state index in [2.05, 4.69) is 0 Å². The number of rotatable bonds is 5. The molecule has 1 saturated heterocycles. The number of amides is 1. The van der Waals surface area contributed by atoms with Crippen molar-refractivity contribution in [1.82, 2.24) is 4.90 Å². The maximum absolute atomic E-state index is 12.6. The number of likely N-dealkylation sites (tertiary alicyclic amines) is 1. The van der Waals surface area contributed by atoms with Gasteiger partial charge in [0.05, 0.1) is 23.1 Å². The minimum Gasteiger partial charge on any atom is -0.507 e. The van der Waals surface area contributed by atoms with Gasteiger partial charge in [0, 0.05) is 29.3 Å². The Morgan fingerprint density at radius 2 is 1.86 bits per heavy atom. The quantitative estimate of drug-likeness (QED) is 0.261. The maximum Gasteiger partial charge on any atom is 0.295 e. The molecule has 9 heteroatoms. The van der Waals surface area contributed by atoms with Crippen LogP contribution in [-0.4, -0.2) is 44.9 Å². The van der Waals surface area contributed by atoms with Gasteiger partial charge in [-0.05, 0) is 29.8 Å². The van der Waals surface area contributed by atoms with Crippen LogP contribution in [0.25, 0.3) is 5.76 Å². The highest BCUT2D eigenvalue weighted by molar-refractivity contribution is 6.46. The minimum absolute atomic E-state index is 0.171. The Labute approximate surface area is 164 Å². The monoisotopic (exact) mass is 402 g/mol. The molecule has 0 bridgehead atoms. The average Bonchev–Trinajstić information content (AvgIpc) is 2.93. The van der Waals surface area contributed by atoms with Gasteiger partial charge in [0.1, 0.15) is 5.76 Å². The van der Waals surface area contributed by atoms with E-state index in [0.29, 0.717) is 5.02 Å². The summed E-state index contributed by atoms with van der Waals surface area (Å²) in [6, 6.07) is 10.4. The van der Waals surface area contributed by atoms with Gasteiger partial charge < -0.3 is 15.1 Å². The van der Waals surface area contributed by atoms with Crippen molar-refractivity contribution in [2.75, 3.05) is 13.2 Å². The second-order valence-corrected chi connectivity index (χ2v) is 6.51. The number of nitro benzene ring substituents is 1. The van der Waals surface area contributed by atoms with Crippen LogP contribution < -0.4 is 0 Å². The molecule has 0 unspecified atom stereocenters. The first-order valence-electron chi connectivity index (χ1n) is 8.24. The lowest BCUT2D eigenvalue weighted by atomic mass is 9.95. The number of ketones is 1. The van der Waals surface area contributed by atoms with Crippen LogP contribution in [0, 0.1) is 10.1 Å². The van der Waals surface area contributed by atoms with Crippen molar-refractivity contribution >= 4 is 34.7 Å². The zero-order valence-corrected chi connectivity index (χ0v) is 15.2. The van der Waals surface area contributed by atoms with Crippen LogP contribution in [0.5, 0.6) is 0 Å². The number of aliphatic hydroxyl groups is 2. The second kappa shape index (κ2) is 7.79. The summed E-state index contributed by atoms with van der Waals surface area (Å²) in [5.41, 5.74) is 0.110. The van der Waals surface area contributed by atoms with Crippen LogP contribution in [0.2, 0.25) is 5.02 Å². The van der Waals surface area contributed by atoms with Gasteiger partial charge in [-0.1, -0.05) is 23.7 Å². The van der Waals surface area contributed by atoms with Crippen LogP contribution in [-0.2, 0) is 9.59 Å². The fourth-order valence-electron chi connectivity index (χ4n) is 3.14. The number of nitro groups is 1. The number of benzene rings is 2. The van der Waals surface area contributed by atoms with Crippen molar-refractivity contribution in [2.45, 2.75) is 6.04 Å². The van der Waals surface area contributed by atoms with Crippen LogP contribution in [0.3, 0.4) is 0 Å². The lowest BCUT2D eigenvalue weighted by Gasteiger charge is -2.24. The third-order valence-corrected chi connectivity index (χ3v) is 4.65. The molecule has 144 valence electrons.